The van der Waals surface area contributed by atoms with E-state index in [9.17, 15) is 0 Å². The Bertz CT molecular complexity index is 439. The zero-order chi connectivity index (χ0) is 10.7. The van der Waals surface area contributed by atoms with Crippen LogP contribution in [0.4, 0.5) is 0 Å². The molecule has 0 aliphatic heterocycles. The minimum Gasteiger partial charge on any atom is -0.487 e. The topological polar surface area (TPSA) is 48.2 Å². The Morgan fingerprint density at radius 1 is 1.27 bits per heavy atom. The zero-order valence-electron chi connectivity index (χ0n) is 8.11. The first kappa shape index (κ1) is 9.98. The van der Waals surface area contributed by atoms with Gasteiger partial charge < -0.3 is 4.74 Å². The summed E-state index contributed by atoms with van der Waals surface area (Å²) in [4.78, 5) is 0. The zero-order valence-corrected chi connectivity index (χ0v) is 8.86. The Morgan fingerprint density at radius 2 is 2.00 bits per heavy atom. The van der Waals surface area contributed by atoms with Gasteiger partial charge in [-0.2, -0.15) is 0 Å². The van der Waals surface area contributed by atoms with E-state index in [4.69, 9.17) is 16.3 Å². The number of rotatable bonds is 3. The molecule has 0 aliphatic carbocycles. The first-order valence-electron chi connectivity index (χ1n) is 4.42. The van der Waals surface area contributed by atoms with E-state index in [1.54, 1.807) is 24.3 Å². The molecular formula is C10H9ClN2O2. The van der Waals surface area contributed by atoms with Crippen molar-refractivity contribution in [1.29, 1.82) is 0 Å². The highest BCUT2D eigenvalue weighted by atomic mass is 35.5. The van der Waals surface area contributed by atoms with E-state index >= 15 is 0 Å². The first-order valence-corrected chi connectivity index (χ1v) is 4.80. The number of hydrogen-bond acceptors (Lipinski definition) is 4. The van der Waals surface area contributed by atoms with Crippen LogP contribution in [-0.2, 0) is 6.61 Å². The predicted octanol–water partition coefficient (Wildman–Crippen LogP) is 2.61. The molecule has 2 aromatic rings. The molecule has 0 amide bonds. The molecule has 0 saturated heterocycles. The summed E-state index contributed by atoms with van der Waals surface area (Å²) in [6.07, 6.45) is 0. The van der Waals surface area contributed by atoms with Crippen molar-refractivity contribution in [1.82, 2.24) is 10.3 Å². The number of hydrogen-bond donors (Lipinski definition) is 0. The van der Waals surface area contributed by atoms with Gasteiger partial charge in [-0.1, -0.05) is 21.9 Å². The Hall–Kier alpha value is -1.55. The van der Waals surface area contributed by atoms with E-state index in [1.807, 2.05) is 6.92 Å². The molecule has 78 valence electrons. The number of nitrogens with zero attached hydrogens (tertiary/aromatic N) is 2. The Morgan fingerprint density at radius 3 is 2.60 bits per heavy atom. The van der Waals surface area contributed by atoms with E-state index in [1.165, 1.54) is 0 Å². The van der Waals surface area contributed by atoms with Gasteiger partial charge in [0.05, 0.1) is 0 Å². The third-order valence-electron chi connectivity index (χ3n) is 1.94. The van der Waals surface area contributed by atoms with Crippen LogP contribution in [0.2, 0.25) is 5.02 Å². The summed E-state index contributed by atoms with van der Waals surface area (Å²) in [5.74, 6) is 0.738. The van der Waals surface area contributed by atoms with Crippen molar-refractivity contribution in [3.63, 3.8) is 0 Å². The molecule has 0 spiro atoms. The molecule has 1 aromatic heterocycles. The van der Waals surface area contributed by atoms with Gasteiger partial charge in [-0.05, 0) is 31.2 Å². The number of aryl methyl sites for hydroxylation is 1. The SMILES string of the molecule is Cc1nonc1COc1ccc(Cl)cc1. The fraction of sp³-hybridized carbons (Fsp3) is 0.200. The number of ether oxygens (including phenoxy) is 1. The molecule has 0 bridgehead atoms. The van der Waals surface area contributed by atoms with Crippen LogP contribution >= 0.6 is 11.6 Å². The first-order chi connectivity index (χ1) is 7.25. The highest BCUT2D eigenvalue weighted by molar-refractivity contribution is 6.30. The van der Waals surface area contributed by atoms with Crippen LogP contribution in [0.5, 0.6) is 5.75 Å². The van der Waals surface area contributed by atoms with E-state index < -0.39 is 0 Å². The van der Waals surface area contributed by atoms with Gasteiger partial charge in [0.25, 0.3) is 0 Å². The van der Waals surface area contributed by atoms with Gasteiger partial charge in [-0.25, -0.2) is 4.63 Å². The Labute approximate surface area is 91.8 Å². The second-order valence-electron chi connectivity index (χ2n) is 3.04. The van der Waals surface area contributed by atoms with Gasteiger partial charge in [0.2, 0.25) is 0 Å². The summed E-state index contributed by atoms with van der Waals surface area (Å²) < 4.78 is 10.0. The normalized spacial score (nSPS) is 10.3. The summed E-state index contributed by atoms with van der Waals surface area (Å²) in [5.41, 5.74) is 1.44. The maximum atomic E-state index is 5.74. The summed E-state index contributed by atoms with van der Waals surface area (Å²) in [6.45, 7) is 2.16. The molecule has 5 heteroatoms. The number of benzene rings is 1. The molecule has 15 heavy (non-hydrogen) atoms. The minimum absolute atomic E-state index is 0.344. The lowest BCUT2D eigenvalue weighted by Crippen LogP contribution is -1.97. The fourth-order valence-electron chi connectivity index (χ4n) is 1.06. The molecule has 0 unspecified atom stereocenters. The molecule has 2 rings (SSSR count). The molecule has 0 N–H and O–H groups in total. The van der Waals surface area contributed by atoms with Crippen molar-refractivity contribution in [2.45, 2.75) is 13.5 Å². The third-order valence-corrected chi connectivity index (χ3v) is 2.19. The van der Waals surface area contributed by atoms with Gasteiger partial charge in [0.1, 0.15) is 23.7 Å². The van der Waals surface area contributed by atoms with Crippen molar-refractivity contribution < 1.29 is 9.37 Å². The monoisotopic (exact) mass is 224 g/mol. The van der Waals surface area contributed by atoms with Crippen LogP contribution in [0.1, 0.15) is 11.4 Å². The van der Waals surface area contributed by atoms with Crippen molar-refractivity contribution in [2.24, 2.45) is 0 Å². The Balaban J connectivity index is 1.99. The summed E-state index contributed by atoms with van der Waals surface area (Å²) in [7, 11) is 0. The van der Waals surface area contributed by atoms with Gasteiger partial charge >= 0.3 is 0 Å². The molecular weight excluding hydrogens is 216 g/mol. The van der Waals surface area contributed by atoms with Gasteiger partial charge in [0.15, 0.2) is 0 Å². The highest BCUT2D eigenvalue weighted by Crippen LogP contribution is 2.16. The van der Waals surface area contributed by atoms with Crippen molar-refractivity contribution in [3.05, 3.63) is 40.7 Å². The smallest absolute Gasteiger partial charge is 0.145 e. The average Bonchev–Trinajstić information content (AvgIpc) is 2.63. The lowest BCUT2D eigenvalue weighted by Gasteiger charge is -2.03. The third kappa shape index (κ3) is 2.47. The molecule has 0 fully saturated rings. The second-order valence-corrected chi connectivity index (χ2v) is 3.48. The standard InChI is InChI=1S/C10H9ClN2O2/c1-7-10(13-15-12-7)6-14-9-4-2-8(11)3-5-9/h2-5H,6H2,1H3. The second kappa shape index (κ2) is 4.31. The van der Waals surface area contributed by atoms with E-state index in [0.29, 0.717) is 17.3 Å². The van der Waals surface area contributed by atoms with Crippen molar-refractivity contribution >= 4 is 11.6 Å². The molecule has 4 nitrogen and oxygen atoms in total. The van der Waals surface area contributed by atoms with Crippen LogP contribution in [0.15, 0.2) is 28.9 Å². The number of halogens is 1. The largest absolute Gasteiger partial charge is 0.487 e. The van der Waals surface area contributed by atoms with Crippen LogP contribution in [0.3, 0.4) is 0 Å². The maximum absolute atomic E-state index is 5.74. The van der Waals surface area contributed by atoms with Crippen LogP contribution in [0, 0.1) is 6.92 Å². The van der Waals surface area contributed by atoms with E-state index in [0.717, 1.165) is 11.4 Å². The van der Waals surface area contributed by atoms with Gasteiger partial charge in [0, 0.05) is 5.02 Å². The summed E-state index contributed by atoms with van der Waals surface area (Å²) >= 11 is 5.74. The highest BCUT2D eigenvalue weighted by Gasteiger charge is 2.05. The van der Waals surface area contributed by atoms with Crippen molar-refractivity contribution in [3.8, 4) is 5.75 Å². The van der Waals surface area contributed by atoms with Crippen LogP contribution in [-0.4, -0.2) is 10.3 Å². The van der Waals surface area contributed by atoms with Crippen LogP contribution in [0.25, 0.3) is 0 Å². The summed E-state index contributed by atoms with van der Waals surface area (Å²) in [6, 6.07) is 7.13. The summed E-state index contributed by atoms with van der Waals surface area (Å²) in [5, 5.41) is 8.05. The van der Waals surface area contributed by atoms with Gasteiger partial charge in [-0.15, -0.1) is 0 Å². The minimum atomic E-state index is 0.344. The predicted molar refractivity (Wildman–Crippen MR) is 54.8 cm³/mol. The quantitative estimate of drug-likeness (QED) is 0.804. The average molecular weight is 225 g/mol. The molecule has 0 atom stereocenters. The molecule has 0 radical (unpaired) electrons. The molecule has 1 aromatic carbocycles. The van der Waals surface area contributed by atoms with E-state index in [2.05, 4.69) is 14.9 Å². The molecule has 1 heterocycles. The lowest BCUT2D eigenvalue weighted by atomic mass is 10.3. The molecule has 0 aliphatic rings. The number of aromatic nitrogens is 2. The van der Waals surface area contributed by atoms with Crippen molar-refractivity contribution in [2.75, 3.05) is 0 Å². The fourth-order valence-corrected chi connectivity index (χ4v) is 1.19. The molecule has 0 saturated carbocycles. The Kier molecular flexibility index (Phi) is 2.87. The van der Waals surface area contributed by atoms with Gasteiger partial charge in [-0.3, -0.25) is 0 Å². The lowest BCUT2D eigenvalue weighted by molar-refractivity contribution is 0.270. The maximum Gasteiger partial charge on any atom is 0.145 e. The van der Waals surface area contributed by atoms with Crippen LogP contribution < -0.4 is 4.74 Å². The van der Waals surface area contributed by atoms with E-state index in [-0.39, 0.29) is 0 Å².